The van der Waals surface area contributed by atoms with E-state index in [9.17, 15) is 5.26 Å². The first-order valence-corrected chi connectivity index (χ1v) is 12.0. The lowest BCUT2D eigenvalue weighted by atomic mass is 9.75. The van der Waals surface area contributed by atoms with Crippen molar-refractivity contribution in [3.63, 3.8) is 0 Å². The lowest BCUT2D eigenvalue weighted by Gasteiger charge is -2.28. The van der Waals surface area contributed by atoms with Crippen molar-refractivity contribution < 1.29 is 0 Å². The van der Waals surface area contributed by atoms with Crippen molar-refractivity contribution >= 4 is 44.0 Å². The van der Waals surface area contributed by atoms with E-state index in [1.54, 1.807) is 0 Å². The van der Waals surface area contributed by atoms with Gasteiger partial charge < -0.3 is 0 Å². The number of hydrogen-bond donors (Lipinski definition) is 0. The van der Waals surface area contributed by atoms with E-state index in [1.165, 1.54) is 60.1 Å². The molecule has 0 spiro atoms. The van der Waals surface area contributed by atoms with Crippen LogP contribution in [0.15, 0.2) is 109 Å². The van der Waals surface area contributed by atoms with Gasteiger partial charge in [0.1, 0.15) is 0 Å². The number of nitriles is 1. The van der Waals surface area contributed by atoms with Crippen LogP contribution in [-0.4, -0.2) is 0 Å². The highest BCUT2D eigenvalue weighted by Crippen LogP contribution is 2.49. The maximum atomic E-state index is 9.24. The molecular formula is C34H21N. The number of allylic oxidation sites excluding steroid dienone is 1. The average molecular weight is 444 g/mol. The van der Waals surface area contributed by atoms with Crippen LogP contribution in [0.25, 0.3) is 55.1 Å². The number of nitrogens with zero attached hydrogens (tertiary/aromatic N) is 1. The first kappa shape index (κ1) is 19.8. The molecule has 0 amide bonds. The van der Waals surface area contributed by atoms with E-state index >= 15 is 0 Å². The van der Waals surface area contributed by atoms with E-state index in [0.29, 0.717) is 5.56 Å². The Hall–Kier alpha value is -4.67. The summed E-state index contributed by atoms with van der Waals surface area (Å²) in [7, 11) is 0. The molecular weight excluding hydrogens is 422 g/mol. The molecule has 6 aromatic rings. The van der Waals surface area contributed by atoms with Crippen LogP contribution in [0.5, 0.6) is 0 Å². The van der Waals surface area contributed by atoms with E-state index in [4.69, 9.17) is 0 Å². The molecule has 0 heterocycles. The predicted octanol–water partition coefficient (Wildman–Crippen LogP) is 8.78. The Morgan fingerprint density at radius 2 is 1.17 bits per heavy atom. The fraction of sp³-hybridized carbons (Fsp3) is 0.0294. The lowest BCUT2D eigenvalue weighted by molar-refractivity contribution is 1.30. The Kier molecular flexibility index (Phi) is 4.34. The summed E-state index contributed by atoms with van der Waals surface area (Å²) < 4.78 is 0. The average Bonchev–Trinajstić information content (AvgIpc) is 2.93. The first-order valence-electron chi connectivity index (χ1n) is 12.0. The van der Waals surface area contributed by atoms with Crippen LogP contribution in [-0.2, 0) is 6.42 Å². The Morgan fingerprint density at radius 1 is 0.571 bits per heavy atom. The normalized spacial score (nSPS) is 13.6. The highest BCUT2D eigenvalue weighted by atomic mass is 14.3. The summed E-state index contributed by atoms with van der Waals surface area (Å²) in [5.74, 6) is 0. The summed E-state index contributed by atoms with van der Waals surface area (Å²) in [5, 5.41) is 17.0. The number of benzene rings is 6. The van der Waals surface area contributed by atoms with Gasteiger partial charge in [0, 0.05) is 0 Å². The Balaban J connectivity index is 1.64. The molecule has 162 valence electrons. The Labute approximate surface area is 204 Å². The van der Waals surface area contributed by atoms with E-state index in [0.717, 1.165) is 12.0 Å². The van der Waals surface area contributed by atoms with Gasteiger partial charge in [0.05, 0.1) is 11.6 Å². The van der Waals surface area contributed by atoms with E-state index in [-0.39, 0.29) is 0 Å². The van der Waals surface area contributed by atoms with Gasteiger partial charge in [-0.2, -0.15) is 5.26 Å². The van der Waals surface area contributed by atoms with Crippen molar-refractivity contribution in [3.05, 3.63) is 131 Å². The molecule has 35 heavy (non-hydrogen) atoms. The zero-order valence-corrected chi connectivity index (χ0v) is 19.1. The summed E-state index contributed by atoms with van der Waals surface area (Å²) in [6.45, 7) is 0. The second-order valence-corrected chi connectivity index (χ2v) is 9.23. The SMILES string of the molecule is N#Cc1ccc(/C=C2/Cc3c(ccc4ccccc34)-c3c2c2ccccc2c2ccccc32)cc1. The van der Waals surface area contributed by atoms with Gasteiger partial charge in [0.15, 0.2) is 0 Å². The smallest absolute Gasteiger partial charge is 0.0991 e. The molecule has 0 bridgehead atoms. The van der Waals surface area contributed by atoms with Gasteiger partial charge in [0.2, 0.25) is 0 Å². The molecule has 0 saturated heterocycles. The standard InChI is InChI=1S/C34H21N/c35-21-23-15-13-22(14-16-23)19-25-20-32-26-8-2-1-7-24(26)17-18-31(32)34-30-12-6-4-10-28(30)27-9-3-5-11-29(27)33(25)34/h1-19H,20H2/b25-19-. The van der Waals surface area contributed by atoms with Crippen LogP contribution in [0, 0.1) is 11.3 Å². The van der Waals surface area contributed by atoms with E-state index < -0.39 is 0 Å². The molecule has 0 radical (unpaired) electrons. The molecule has 0 atom stereocenters. The molecule has 1 aliphatic carbocycles. The van der Waals surface area contributed by atoms with Crippen molar-refractivity contribution in [2.45, 2.75) is 6.42 Å². The van der Waals surface area contributed by atoms with Gasteiger partial charge in [-0.15, -0.1) is 0 Å². The van der Waals surface area contributed by atoms with Crippen LogP contribution in [0.1, 0.15) is 22.3 Å². The number of hydrogen-bond acceptors (Lipinski definition) is 1. The Morgan fingerprint density at radius 3 is 1.86 bits per heavy atom. The molecule has 0 saturated carbocycles. The lowest BCUT2D eigenvalue weighted by Crippen LogP contribution is -2.06. The minimum Gasteiger partial charge on any atom is -0.192 e. The summed E-state index contributed by atoms with van der Waals surface area (Å²) in [6.07, 6.45) is 3.18. The van der Waals surface area contributed by atoms with Crippen molar-refractivity contribution in [2.24, 2.45) is 0 Å². The maximum Gasteiger partial charge on any atom is 0.0991 e. The van der Waals surface area contributed by atoms with Crippen molar-refractivity contribution in [3.8, 4) is 17.2 Å². The van der Waals surface area contributed by atoms with Gasteiger partial charge in [-0.1, -0.05) is 103 Å². The molecule has 0 aromatic heterocycles. The third kappa shape index (κ3) is 3.01. The summed E-state index contributed by atoms with van der Waals surface area (Å²) >= 11 is 0. The predicted molar refractivity (Wildman–Crippen MR) is 147 cm³/mol. The topological polar surface area (TPSA) is 23.8 Å². The summed E-state index contributed by atoms with van der Waals surface area (Å²) in [6, 6.07) is 41.0. The fourth-order valence-corrected chi connectivity index (χ4v) is 5.77. The molecule has 6 aromatic carbocycles. The van der Waals surface area contributed by atoms with Crippen LogP contribution in [0.3, 0.4) is 0 Å². The summed E-state index contributed by atoms with van der Waals surface area (Å²) in [4.78, 5) is 0. The van der Waals surface area contributed by atoms with E-state index in [1.807, 2.05) is 24.3 Å². The molecule has 0 aliphatic heterocycles. The number of fused-ring (bicyclic) bond motifs is 10. The van der Waals surface area contributed by atoms with E-state index in [2.05, 4.69) is 97.1 Å². The second kappa shape index (κ2) is 7.69. The van der Waals surface area contributed by atoms with Crippen LogP contribution >= 0.6 is 0 Å². The second-order valence-electron chi connectivity index (χ2n) is 9.23. The van der Waals surface area contributed by atoms with Crippen molar-refractivity contribution in [1.82, 2.24) is 0 Å². The largest absolute Gasteiger partial charge is 0.192 e. The van der Waals surface area contributed by atoms with Crippen LogP contribution < -0.4 is 0 Å². The first-order chi connectivity index (χ1) is 17.3. The fourth-order valence-electron chi connectivity index (χ4n) is 5.77. The van der Waals surface area contributed by atoms with Gasteiger partial charge in [-0.25, -0.2) is 0 Å². The minimum atomic E-state index is 0.684. The number of rotatable bonds is 1. The highest BCUT2D eigenvalue weighted by Gasteiger charge is 2.26. The molecule has 0 fully saturated rings. The highest BCUT2D eigenvalue weighted by molar-refractivity contribution is 6.22. The molecule has 0 unspecified atom stereocenters. The van der Waals surface area contributed by atoms with Gasteiger partial charge in [-0.05, 0) is 84.3 Å². The monoisotopic (exact) mass is 443 g/mol. The Bertz CT molecular complexity index is 1860. The van der Waals surface area contributed by atoms with Crippen molar-refractivity contribution in [1.29, 1.82) is 5.26 Å². The van der Waals surface area contributed by atoms with Crippen LogP contribution in [0.2, 0.25) is 0 Å². The van der Waals surface area contributed by atoms with Crippen LogP contribution in [0.4, 0.5) is 0 Å². The third-order valence-electron chi connectivity index (χ3n) is 7.31. The molecule has 1 aliphatic rings. The summed E-state index contributed by atoms with van der Waals surface area (Å²) in [5.41, 5.74) is 8.48. The zero-order valence-electron chi connectivity index (χ0n) is 19.1. The quantitative estimate of drug-likeness (QED) is 0.233. The molecule has 1 nitrogen and oxygen atoms in total. The molecule has 0 N–H and O–H groups in total. The molecule has 1 heteroatoms. The van der Waals surface area contributed by atoms with Gasteiger partial charge in [0.25, 0.3) is 0 Å². The van der Waals surface area contributed by atoms with Gasteiger partial charge in [-0.3, -0.25) is 0 Å². The third-order valence-corrected chi connectivity index (χ3v) is 7.31. The van der Waals surface area contributed by atoms with Gasteiger partial charge >= 0.3 is 0 Å². The van der Waals surface area contributed by atoms with Crippen molar-refractivity contribution in [2.75, 3.05) is 0 Å². The molecule has 7 rings (SSSR count). The minimum absolute atomic E-state index is 0.684. The zero-order chi connectivity index (χ0) is 23.4. The maximum absolute atomic E-state index is 9.24.